The molecule has 0 saturated heterocycles. The first-order valence-electron chi connectivity index (χ1n) is 6.00. The standard InChI is InChI=1S/C12H19O6P/c1-5-16-19(14,17-6-2)12(13)10-7-9(3)18-11(10)8-15-4/h7H,5-6,8H2,1-4H3. The lowest BCUT2D eigenvalue weighted by Gasteiger charge is -2.15. The van der Waals surface area contributed by atoms with E-state index in [2.05, 4.69) is 0 Å². The molecule has 0 fully saturated rings. The predicted octanol–water partition coefficient (Wildman–Crippen LogP) is 3.14. The van der Waals surface area contributed by atoms with Gasteiger partial charge in [0.15, 0.2) is 0 Å². The van der Waals surface area contributed by atoms with Crippen molar-refractivity contribution < 1.29 is 27.6 Å². The van der Waals surface area contributed by atoms with Gasteiger partial charge in [-0.3, -0.25) is 9.36 Å². The van der Waals surface area contributed by atoms with Crippen LogP contribution in [-0.2, 0) is 25.0 Å². The summed E-state index contributed by atoms with van der Waals surface area (Å²) in [5.74, 6) is 0.861. The molecule has 19 heavy (non-hydrogen) atoms. The molecule has 0 aliphatic rings. The van der Waals surface area contributed by atoms with Gasteiger partial charge in [-0.1, -0.05) is 0 Å². The van der Waals surface area contributed by atoms with Crippen molar-refractivity contribution in [3.8, 4) is 0 Å². The number of ether oxygens (including phenoxy) is 1. The second-order valence-corrected chi connectivity index (χ2v) is 5.68. The van der Waals surface area contributed by atoms with Crippen LogP contribution in [0.2, 0.25) is 0 Å². The second kappa shape index (κ2) is 7.01. The minimum absolute atomic E-state index is 0.118. The van der Waals surface area contributed by atoms with Crippen LogP contribution in [0.25, 0.3) is 0 Å². The summed E-state index contributed by atoms with van der Waals surface area (Å²) in [7, 11) is -2.34. The number of hydrogen-bond donors (Lipinski definition) is 0. The molecule has 0 saturated carbocycles. The minimum Gasteiger partial charge on any atom is -0.463 e. The highest BCUT2D eigenvalue weighted by atomic mass is 31.2. The van der Waals surface area contributed by atoms with Crippen molar-refractivity contribution in [3.05, 3.63) is 23.2 Å². The van der Waals surface area contributed by atoms with Gasteiger partial charge in [0.1, 0.15) is 18.1 Å². The summed E-state index contributed by atoms with van der Waals surface area (Å²) in [5.41, 5.74) is -0.510. The highest BCUT2D eigenvalue weighted by Crippen LogP contribution is 2.51. The van der Waals surface area contributed by atoms with Gasteiger partial charge in [-0.25, -0.2) is 0 Å². The first-order valence-corrected chi connectivity index (χ1v) is 7.55. The molecule has 0 aromatic carbocycles. The van der Waals surface area contributed by atoms with Gasteiger partial charge in [0.25, 0.3) is 5.52 Å². The Labute approximate surface area is 112 Å². The van der Waals surface area contributed by atoms with E-state index in [4.69, 9.17) is 18.2 Å². The van der Waals surface area contributed by atoms with Crippen LogP contribution < -0.4 is 0 Å². The molecule has 0 unspecified atom stereocenters. The topological polar surface area (TPSA) is 75.0 Å². The summed E-state index contributed by atoms with van der Waals surface area (Å²) >= 11 is 0. The Hall–Kier alpha value is -0.940. The summed E-state index contributed by atoms with van der Waals surface area (Å²) in [6.07, 6.45) is 0. The van der Waals surface area contributed by atoms with Crippen LogP contribution in [0.5, 0.6) is 0 Å². The highest BCUT2D eigenvalue weighted by Gasteiger charge is 2.37. The fourth-order valence-electron chi connectivity index (χ4n) is 1.62. The molecule has 0 amide bonds. The van der Waals surface area contributed by atoms with Crippen molar-refractivity contribution in [3.63, 3.8) is 0 Å². The maximum atomic E-state index is 12.4. The van der Waals surface area contributed by atoms with E-state index in [0.29, 0.717) is 11.5 Å². The van der Waals surface area contributed by atoms with Gasteiger partial charge in [0.05, 0.1) is 18.8 Å². The molecule has 0 aliphatic heterocycles. The monoisotopic (exact) mass is 290 g/mol. The first-order chi connectivity index (χ1) is 8.98. The summed E-state index contributed by atoms with van der Waals surface area (Å²) in [4.78, 5) is 12.3. The Morgan fingerprint density at radius 1 is 1.32 bits per heavy atom. The molecule has 1 heterocycles. The Morgan fingerprint density at radius 2 is 1.89 bits per heavy atom. The molecule has 0 spiro atoms. The van der Waals surface area contributed by atoms with E-state index < -0.39 is 13.1 Å². The van der Waals surface area contributed by atoms with Crippen LogP contribution in [0.3, 0.4) is 0 Å². The van der Waals surface area contributed by atoms with E-state index in [0.717, 1.165) is 0 Å². The Kier molecular flexibility index (Phi) is 5.94. The molecular weight excluding hydrogens is 271 g/mol. The van der Waals surface area contributed by atoms with Crippen LogP contribution in [0.1, 0.15) is 35.7 Å². The van der Waals surface area contributed by atoms with Crippen molar-refractivity contribution in [1.82, 2.24) is 0 Å². The van der Waals surface area contributed by atoms with Gasteiger partial charge >= 0.3 is 7.60 Å². The zero-order valence-corrected chi connectivity index (χ0v) is 12.5. The lowest BCUT2D eigenvalue weighted by atomic mass is 10.2. The van der Waals surface area contributed by atoms with E-state index in [1.807, 2.05) is 0 Å². The quantitative estimate of drug-likeness (QED) is 0.685. The van der Waals surface area contributed by atoms with Gasteiger partial charge < -0.3 is 18.2 Å². The van der Waals surface area contributed by atoms with Crippen LogP contribution in [0.4, 0.5) is 0 Å². The van der Waals surface area contributed by atoms with Gasteiger partial charge in [0.2, 0.25) is 0 Å². The van der Waals surface area contributed by atoms with E-state index in [1.165, 1.54) is 13.2 Å². The lowest BCUT2D eigenvalue weighted by molar-refractivity contribution is 0.0992. The van der Waals surface area contributed by atoms with E-state index in [9.17, 15) is 9.36 Å². The van der Waals surface area contributed by atoms with Gasteiger partial charge in [0, 0.05) is 7.11 Å². The van der Waals surface area contributed by atoms with Gasteiger partial charge in [-0.15, -0.1) is 0 Å². The molecule has 1 aromatic heterocycles. The van der Waals surface area contributed by atoms with Crippen LogP contribution in [0.15, 0.2) is 10.5 Å². The minimum atomic E-state index is -3.82. The van der Waals surface area contributed by atoms with Crippen LogP contribution in [-0.4, -0.2) is 25.8 Å². The number of furan rings is 1. The van der Waals surface area contributed by atoms with Crippen molar-refractivity contribution in [1.29, 1.82) is 0 Å². The van der Waals surface area contributed by atoms with Crippen molar-refractivity contribution in [2.45, 2.75) is 27.4 Å². The Balaban J connectivity index is 3.12. The summed E-state index contributed by atoms with van der Waals surface area (Å²) < 4.78 is 32.8. The molecule has 0 aliphatic carbocycles. The second-order valence-electron chi connectivity index (χ2n) is 3.77. The zero-order valence-electron chi connectivity index (χ0n) is 11.6. The van der Waals surface area contributed by atoms with Crippen molar-refractivity contribution in [2.75, 3.05) is 20.3 Å². The van der Waals surface area contributed by atoms with E-state index in [-0.39, 0.29) is 25.4 Å². The molecule has 7 heteroatoms. The number of carbonyl (C=O) groups excluding carboxylic acids is 1. The molecule has 1 aromatic rings. The van der Waals surface area contributed by atoms with Gasteiger partial charge in [-0.05, 0) is 26.8 Å². The number of hydrogen-bond acceptors (Lipinski definition) is 6. The fraction of sp³-hybridized carbons (Fsp3) is 0.583. The van der Waals surface area contributed by atoms with Crippen LogP contribution in [0, 0.1) is 6.92 Å². The molecule has 0 atom stereocenters. The summed E-state index contributed by atoms with van der Waals surface area (Å²) in [6.45, 7) is 5.36. The van der Waals surface area contributed by atoms with Gasteiger partial charge in [-0.2, -0.15) is 0 Å². The van der Waals surface area contributed by atoms with Crippen molar-refractivity contribution in [2.24, 2.45) is 0 Å². The van der Waals surface area contributed by atoms with E-state index >= 15 is 0 Å². The molecule has 0 bridgehead atoms. The zero-order chi connectivity index (χ0) is 14.5. The summed E-state index contributed by atoms with van der Waals surface area (Å²) in [5, 5.41) is 0. The van der Waals surface area contributed by atoms with Crippen LogP contribution >= 0.6 is 7.60 Å². The third-order valence-corrected chi connectivity index (χ3v) is 4.22. The average molecular weight is 290 g/mol. The molecule has 6 nitrogen and oxygen atoms in total. The molecule has 1 rings (SSSR count). The maximum absolute atomic E-state index is 12.4. The smallest absolute Gasteiger partial charge is 0.401 e. The Bertz CT molecular complexity index is 469. The highest BCUT2D eigenvalue weighted by molar-refractivity contribution is 7.72. The number of methoxy groups -OCH3 is 1. The first kappa shape index (κ1) is 16.1. The average Bonchev–Trinajstić information content (AvgIpc) is 2.70. The number of carbonyl (C=O) groups is 1. The molecular formula is C12H19O6P. The Morgan fingerprint density at radius 3 is 2.37 bits per heavy atom. The lowest BCUT2D eigenvalue weighted by Crippen LogP contribution is -2.09. The third-order valence-electron chi connectivity index (χ3n) is 2.28. The summed E-state index contributed by atoms with van der Waals surface area (Å²) in [6, 6.07) is 1.52. The SMILES string of the molecule is CCOP(=O)(OCC)C(=O)c1cc(C)oc1COC. The number of aryl methyl sites for hydroxylation is 1. The normalized spacial score (nSPS) is 11.8. The largest absolute Gasteiger partial charge is 0.463 e. The molecule has 108 valence electrons. The predicted molar refractivity (Wildman–Crippen MR) is 69.3 cm³/mol. The third kappa shape index (κ3) is 3.76. The fourth-order valence-corrected chi connectivity index (χ4v) is 3.10. The molecule has 0 N–H and O–H groups in total. The van der Waals surface area contributed by atoms with E-state index in [1.54, 1.807) is 20.8 Å². The molecule has 0 radical (unpaired) electrons. The number of rotatable bonds is 8. The van der Waals surface area contributed by atoms with Crippen molar-refractivity contribution >= 4 is 13.1 Å². The maximum Gasteiger partial charge on any atom is 0.401 e.